The predicted octanol–water partition coefficient (Wildman–Crippen LogP) is 2.55. The number of rotatable bonds is 5. The first-order chi connectivity index (χ1) is 12.8. The summed E-state index contributed by atoms with van der Waals surface area (Å²) in [6.45, 7) is 0.851. The summed E-state index contributed by atoms with van der Waals surface area (Å²) in [7, 11) is -0.987. The van der Waals surface area contributed by atoms with Gasteiger partial charge in [0.2, 0.25) is 15.9 Å². The van der Waals surface area contributed by atoms with E-state index < -0.39 is 10.0 Å². The summed E-state index contributed by atoms with van der Waals surface area (Å²) in [5.41, 5.74) is 2.33. The van der Waals surface area contributed by atoms with E-state index in [2.05, 4.69) is 6.07 Å². The number of fused-ring (bicyclic) bond motifs is 1. The highest BCUT2D eigenvalue weighted by Crippen LogP contribution is 2.28. The van der Waals surface area contributed by atoms with Gasteiger partial charge in [0.25, 0.3) is 0 Å². The molecule has 0 fully saturated rings. The Labute approximate surface area is 164 Å². The molecule has 1 heterocycles. The van der Waals surface area contributed by atoms with Gasteiger partial charge in [-0.3, -0.25) is 4.79 Å². The van der Waals surface area contributed by atoms with Crippen molar-refractivity contribution in [3.63, 3.8) is 0 Å². The molecule has 3 rings (SSSR count). The van der Waals surface area contributed by atoms with Gasteiger partial charge in [-0.05, 0) is 35.7 Å². The average Bonchev–Trinajstić information content (AvgIpc) is 2.67. The monoisotopic (exact) mass is 408 g/mol. The van der Waals surface area contributed by atoms with E-state index in [9.17, 15) is 13.2 Å². The molecule has 1 amide bonds. The molecular weight excluding hydrogens is 388 g/mol. The second-order valence-corrected chi connectivity index (χ2v) is 8.84. The van der Waals surface area contributed by atoms with Crippen molar-refractivity contribution in [2.24, 2.45) is 0 Å². The zero-order chi connectivity index (χ0) is 19.6. The number of amides is 1. The summed E-state index contributed by atoms with van der Waals surface area (Å²) in [4.78, 5) is 14.3. The molecule has 0 saturated heterocycles. The van der Waals surface area contributed by atoms with Gasteiger partial charge in [0.15, 0.2) is 0 Å². The number of hydrogen-bond donors (Lipinski definition) is 0. The van der Waals surface area contributed by atoms with E-state index in [1.807, 2.05) is 18.2 Å². The van der Waals surface area contributed by atoms with Crippen molar-refractivity contribution in [3.8, 4) is 5.75 Å². The van der Waals surface area contributed by atoms with E-state index >= 15 is 0 Å². The van der Waals surface area contributed by atoms with Crippen molar-refractivity contribution in [2.75, 3.05) is 27.2 Å². The molecule has 0 spiro atoms. The number of carbonyl (C=O) groups is 1. The van der Waals surface area contributed by atoms with Crippen LogP contribution in [-0.2, 0) is 27.8 Å². The van der Waals surface area contributed by atoms with Crippen LogP contribution in [-0.4, -0.2) is 50.8 Å². The fourth-order valence-electron chi connectivity index (χ4n) is 3.07. The van der Waals surface area contributed by atoms with Gasteiger partial charge in [-0.1, -0.05) is 35.9 Å². The molecule has 1 aliphatic heterocycles. The summed E-state index contributed by atoms with van der Waals surface area (Å²) in [6, 6.07) is 12.2. The maximum absolute atomic E-state index is 12.8. The smallest absolute Gasteiger partial charge is 0.243 e. The number of methoxy groups -OCH3 is 1. The highest BCUT2D eigenvalue weighted by atomic mass is 35.5. The van der Waals surface area contributed by atoms with Gasteiger partial charge in [-0.2, -0.15) is 4.31 Å². The van der Waals surface area contributed by atoms with E-state index in [4.69, 9.17) is 16.3 Å². The Morgan fingerprint density at radius 1 is 1.22 bits per heavy atom. The van der Waals surface area contributed by atoms with Crippen LogP contribution in [0.15, 0.2) is 47.4 Å². The third-order valence-electron chi connectivity index (χ3n) is 4.67. The summed E-state index contributed by atoms with van der Waals surface area (Å²) in [5.74, 6) is 0.163. The fraction of sp³-hybridized carbons (Fsp3) is 0.316. The lowest BCUT2D eigenvalue weighted by Crippen LogP contribution is -2.43. The zero-order valence-corrected chi connectivity index (χ0v) is 16.8. The van der Waals surface area contributed by atoms with Crippen molar-refractivity contribution in [2.45, 2.75) is 17.9 Å². The van der Waals surface area contributed by atoms with Crippen LogP contribution in [0.25, 0.3) is 0 Å². The minimum atomic E-state index is -3.83. The van der Waals surface area contributed by atoms with Gasteiger partial charge in [0, 0.05) is 20.1 Å². The molecule has 2 aromatic rings. The molecule has 1 aliphatic rings. The maximum Gasteiger partial charge on any atom is 0.243 e. The first-order valence-corrected chi connectivity index (χ1v) is 10.3. The minimum Gasteiger partial charge on any atom is -0.495 e. The van der Waals surface area contributed by atoms with Crippen molar-refractivity contribution in [3.05, 3.63) is 58.6 Å². The van der Waals surface area contributed by atoms with Gasteiger partial charge >= 0.3 is 0 Å². The predicted molar refractivity (Wildman–Crippen MR) is 103 cm³/mol. The highest BCUT2D eigenvalue weighted by Gasteiger charge is 2.27. The molecule has 0 N–H and O–H groups in total. The van der Waals surface area contributed by atoms with Crippen LogP contribution < -0.4 is 4.74 Å². The normalized spacial score (nSPS) is 14.1. The van der Waals surface area contributed by atoms with Crippen LogP contribution in [0, 0.1) is 0 Å². The second-order valence-electron chi connectivity index (χ2n) is 6.39. The van der Waals surface area contributed by atoms with Crippen molar-refractivity contribution in [1.29, 1.82) is 0 Å². The number of halogens is 1. The standard InChI is InChI=1S/C19H21ClN2O4S/c1-21(27(24,25)16-7-8-18(26-2)17(20)11-16)13-19(23)22-10-9-14-5-3-4-6-15(14)12-22/h3-8,11H,9-10,12-13H2,1-2H3. The summed E-state index contributed by atoms with van der Waals surface area (Å²) in [5, 5.41) is 0.200. The summed E-state index contributed by atoms with van der Waals surface area (Å²) < 4.78 is 31.6. The van der Waals surface area contributed by atoms with Gasteiger partial charge in [0.05, 0.1) is 23.6 Å². The van der Waals surface area contributed by atoms with Crippen LogP contribution in [0.2, 0.25) is 5.02 Å². The molecule has 144 valence electrons. The van der Waals surface area contributed by atoms with E-state index in [0.717, 1.165) is 16.3 Å². The number of hydrogen-bond acceptors (Lipinski definition) is 4. The Kier molecular flexibility index (Phi) is 5.74. The quantitative estimate of drug-likeness (QED) is 0.762. The van der Waals surface area contributed by atoms with E-state index in [1.165, 1.54) is 37.9 Å². The van der Waals surface area contributed by atoms with Gasteiger partial charge in [-0.25, -0.2) is 8.42 Å². The first-order valence-electron chi connectivity index (χ1n) is 8.47. The first kappa shape index (κ1) is 19.7. The molecule has 0 bridgehead atoms. The Bertz CT molecular complexity index is 962. The topological polar surface area (TPSA) is 66.9 Å². The molecular formula is C19H21ClN2O4S. The molecule has 2 aromatic carbocycles. The second kappa shape index (κ2) is 7.88. The van der Waals surface area contributed by atoms with Crippen LogP contribution >= 0.6 is 11.6 Å². The van der Waals surface area contributed by atoms with E-state index in [1.54, 1.807) is 4.90 Å². The van der Waals surface area contributed by atoms with E-state index in [0.29, 0.717) is 18.8 Å². The summed E-state index contributed by atoms with van der Waals surface area (Å²) in [6.07, 6.45) is 0.770. The molecule has 8 heteroatoms. The summed E-state index contributed by atoms with van der Waals surface area (Å²) >= 11 is 6.03. The van der Waals surface area contributed by atoms with Crippen molar-refractivity contribution < 1.29 is 17.9 Å². The van der Waals surface area contributed by atoms with Crippen molar-refractivity contribution in [1.82, 2.24) is 9.21 Å². The van der Waals surface area contributed by atoms with Gasteiger partial charge in [-0.15, -0.1) is 0 Å². The van der Waals surface area contributed by atoms with Crippen LogP contribution in [0.5, 0.6) is 5.75 Å². The number of benzene rings is 2. The molecule has 0 unspecified atom stereocenters. The largest absolute Gasteiger partial charge is 0.495 e. The molecule has 27 heavy (non-hydrogen) atoms. The fourth-order valence-corrected chi connectivity index (χ4v) is 4.54. The van der Waals surface area contributed by atoms with Crippen LogP contribution in [0.1, 0.15) is 11.1 Å². The third-order valence-corrected chi connectivity index (χ3v) is 6.77. The van der Waals surface area contributed by atoms with Gasteiger partial charge < -0.3 is 9.64 Å². The molecule has 0 aliphatic carbocycles. The number of sulfonamides is 1. The number of likely N-dealkylation sites (N-methyl/N-ethyl adjacent to an activating group) is 1. The number of carbonyl (C=O) groups excluding carboxylic acids is 1. The molecule has 0 radical (unpaired) electrons. The maximum atomic E-state index is 12.8. The lowest BCUT2D eigenvalue weighted by Gasteiger charge is -2.30. The Morgan fingerprint density at radius 2 is 1.93 bits per heavy atom. The lowest BCUT2D eigenvalue weighted by atomic mass is 10.00. The lowest BCUT2D eigenvalue weighted by molar-refractivity contribution is -0.132. The SMILES string of the molecule is COc1ccc(S(=O)(=O)N(C)CC(=O)N2CCc3ccccc3C2)cc1Cl. The highest BCUT2D eigenvalue weighted by molar-refractivity contribution is 7.89. The number of ether oxygens (including phenoxy) is 1. The molecule has 0 atom stereocenters. The van der Waals surface area contributed by atoms with Crippen molar-refractivity contribution >= 4 is 27.5 Å². The molecule has 6 nitrogen and oxygen atoms in total. The minimum absolute atomic E-state index is 0.0209. The Hall–Kier alpha value is -2.09. The number of nitrogens with zero attached hydrogens (tertiary/aromatic N) is 2. The third kappa shape index (κ3) is 4.10. The molecule has 0 saturated carbocycles. The van der Waals surface area contributed by atoms with Crippen LogP contribution in [0.3, 0.4) is 0 Å². The average molecular weight is 409 g/mol. The Balaban J connectivity index is 1.71. The Morgan fingerprint density at radius 3 is 2.59 bits per heavy atom. The molecule has 0 aromatic heterocycles. The van der Waals surface area contributed by atoms with Crippen LogP contribution in [0.4, 0.5) is 0 Å². The zero-order valence-electron chi connectivity index (χ0n) is 15.2. The van der Waals surface area contributed by atoms with Gasteiger partial charge in [0.1, 0.15) is 5.75 Å². The van der Waals surface area contributed by atoms with E-state index in [-0.39, 0.29) is 22.4 Å².